The molecule has 0 aliphatic carbocycles. The summed E-state index contributed by atoms with van der Waals surface area (Å²) in [6, 6.07) is 0. The van der Waals surface area contributed by atoms with Gasteiger partial charge in [-0.25, -0.2) is 19.2 Å². The summed E-state index contributed by atoms with van der Waals surface area (Å²) in [5.41, 5.74) is 0.879. The van der Waals surface area contributed by atoms with Crippen molar-refractivity contribution in [1.82, 2.24) is 0 Å². The van der Waals surface area contributed by atoms with Crippen molar-refractivity contribution in [2.75, 3.05) is 19.8 Å². The number of hydrogen-bond donors (Lipinski definition) is 1. The molecular weight excluding hydrogens is 404 g/mol. The number of aliphatic hydroxyl groups is 1. The van der Waals surface area contributed by atoms with E-state index in [4.69, 9.17) is 5.11 Å². The standard InChI is InChI=1S/C12H14O3.C6H10O3.C5H8O2/c1-5-6-7-8-10(4)12(14)15-11(13)9(2)3;1-5(2)6(8)9-4-3-7;1-3-5(6)7-4-2/h5-8H,1-2H2,3-4H3;7H,1,3-4H2,2H3;3H,1,4H2,2H3. The number of aliphatic hydroxyl groups excluding tert-OH is 1. The van der Waals surface area contributed by atoms with E-state index in [2.05, 4.69) is 40.5 Å². The van der Waals surface area contributed by atoms with Crippen LogP contribution in [0.2, 0.25) is 0 Å². The fraction of sp³-hybridized carbons (Fsp3) is 0.304. The Balaban J connectivity index is -0.000000417. The van der Waals surface area contributed by atoms with Crippen molar-refractivity contribution < 1.29 is 38.5 Å². The van der Waals surface area contributed by atoms with Gasteiger partial charge in [0, 0.05) is 22.8 Å². The summed E-state index contributed by atoms with van der Waals surface area (Å²) in [4.78, 5) is 42.8. The molecule has 172 valence electrons. The molecule has 0 aliphatic heterocycles. The lowest BCUT2D eigenvalue weighted by atomic mass is 10.2. The van der Waals surface area contributed by atoms with Gasteiger partial charge in [0.2, 0.25) is 0 Å². The molecule has 0 heterocycles. The lowest BCUT2D eigenvalue weighted by Gasteiger charge is -2.01. The van der Waals surface area contributed by atoms with Gasteiger partial charge in [-0.05, 0) is 27.7 Å². The van der Waals surface area contributed by atoms with Crippen LogP contribution >= 0.6 is 0 Å². The van der Waals surface area contributed by atoms with E-state index in [1.807, 2.05) is 0 Å². The predicted molar refractivity (Wildman–Crippen MR) is 119 cm³/mol. The molecule has 31 heavy (non-hydrogen) atoms. The minimum absolute atomic E-state index is 0.0473. The van der Waals surface area contributed by atoms with Crippen molar-refractivity contribution in [2.45, 2.75) is 27.7 Å². The third-order valence-corrected chi connectivity index (χ3v) is 2.58. The molecule has 0 aliphatic rings. The maximum atomic E-state index is 11.2. The Kier molecular flexibility index (Phi) is 22.0. The van der Waals surface area contributed by atoms with Gasteiger partial charge in [0.25, 0.3) is 0 Å². The Hall–Kier alpha value is -3.52. The van der Waals surface area contributed by atoms with E-state index in [1.54, 1.807) is 39.0 Å². The molecule has 0 radical (unpaired) electrons. The number of rotatable bonds is 9. The summed E-state index contributed by atoms with van der Waals surface area (Å²) in [5.74, 6) is -2.19. The van der Waals surface area contributed by atoms with Gasteiger partial charge in [0.05, 0.1) is 13.2 Å². The first-order valence-electron chi connectivity index (χ1n) is 9.08. The molecule has 8 heteroatoms. The first kappa shape index (κ1) is 32.2. The lowest BCUT2D eigenvalue weighted by molar-refractivity contribution is -0.154. The highest BCUT2D eigenvalue weighted by molar-refractivity contribution is 6.01. The minimum Gasteiger partial charge on any atom is -0.463 e. The van der Waals surface area contributed by atoms with Crippen LogP contribution in [-0.4, -0.2) is 48.8 Å². The molecule has 0 aromatic carbocycles. The zero-order valence-corrected chi connectivity index (χ0v) is 18.6. The van der Waals surface area contributed by atoms with Crippen molar-refractivity contribution >= 4 is 23.9 Å². The quantitative estimate of drug-likeness (QED) is 0.193. The van der Waals surface area contributed by atoms with Crippen LogP contribution < -0.4 is 0 Å². The maximum Gasteiger partial charge on any atom is 0.341 e. The zero-order chi connectivity index (χ0) is 24.8. The molecule has 0 amide bonds. The molecule has 0 spiro atoms. The van der Waals surface area contributed by atoms with Crippen LogP contribution in [0.1, 0.15) is 27.7 Å². The molecule has 0 aromatic heterocycles. The van der Waals surface area contributed by atoms with Gasteiger partial charge in [0.1, 0.15) is 6.61 Å². The molecule has 0 atom stereocenters. The van der Waals surface area contributed by atoms with Gasteiger partial charge in [0.15, 0.2) is 0 Å². The van der Waals surface area contributed by atoms with Crippen LogP contribution in [-0.2, 0) is 33.4 Å². The number of carbonyl (C=O) groups excluding carboxylic acids is 4. The number of carbonyl (C=O) groups is 4. The molecule has 1 N–H and O–H groups in total. The highest BCUT2D eigenvalue weighted by Gasteiger charge is 2.11. The largest absolute Gasteiger partial charge is 0.463 e. The minimum atomic E-state index is -0.708. The maximum absolute atomic E-state index is 11.2. The van der Waals surface area contributed by atoms with Gasteiger partial charge >= 0.3 is 23.9 Å². The van der Waals surface area contributed by atoms with E-state index in [0.717, 1.165) is 6.08 Å². The smallest absolute Gasteiger partial charge is 0.341 e. The summed E-state index contributed by atoms with van der Waals surface area (Å²) < 4.78 is 13.4. The average molecular weight is 437 g/mol. The van der Waals surface area contributed by atoms with Crippen molar-refractivity contribution in [3.8, 4) is 0 Å². The van der Waals surface area contributed by atoms with Crippen molar-refractivity contribution in [3.05, 3.63) is 73.4 Å². The molecule has 8 nitrogen and oxygen atoms in total. The van der Waals surface area contributed by atoms with E-state index >= 15 is 0 Å². The second-order valence-corrected chi connectivity index (χ2v) is 5.52. The van der Waals surface area contributed by atoms with Gasteiger partial charge in [-0.3, -0.25) is 0 Å². The fourth-order valence-corrected chi connectivity index (χ4v) is 1.06. The summed E-state index contributed by atoms with van der Waals surface area (Å²) in [6.45, 7) is 20.1. The number of allylic oxidation sites excluding steroid dienone is 4. The summed E-state index contributed by atoms with van der Waals surface area (Å²) in [6.07, 6.45) is 7.56. The molecule has 0 saturated carbocycles. The van der Waals surface area contributed by atoms with Gasteiger partial charge in [-0.2, -0.15) is 0 Å². The number of hydrogen-bond acceptors (Lipinski definition) is 8. The van der Waals surface area contributed by atoms with E-state index in [9.17, 15) is 19.2 Å². The van der Waals surface area contributed by atoms with Crippen LogP contribution in [0.15, 0.2) is 73.4 Å². The highest BCUT2D eigenvalue weighted by Crippen LogP contribution is 2.01. The number of esters is 4. The van der Waals surface area contributed by atoms with Crippen LogP contribution in [0.5, 0.6) is 0 Å². The normalized spacial score (nSPS) is 9.65. The Morgan fingerprint density at radius 3 is 1.77 bits per heavy atom. The summed E-state index contributed by atoms with van der Waals surface area (Å²) in [5, 5.41) is 8.19. The van der Waals surface area contributed by atoms with Gasteiger partial charge < -0.3 is 19.3 Å². The fourth-order valence-electron chi connectivity index (χ4n) is 1.06. The van der Waals surface area contributed by atoms with Gasteiger partial charge in [-0.1, -0.05) is 50.6 Å². The SMILES string of the molecule is C=C(C)C(=O)OCCO.C=CC(=O)OCC.C=CC=CC=C(C)C(=O)OC(=O)C(=C)C. The van der Waals surface area contributed by atoms with Gasteiger partial charge in [-0.15, -0.1) is 0 Å². The van der Waals surface area contributed by atoms with Crippen LogP contribution in [0, 0.1) is 0 Å². The van der Waals surface area contributed by atoms with Crippen LogP contribution in [0.4, 0.5) is 0 Å². The monoisotopic (exact) mass is 436 g/mol. The van der Waals surface area contributed by atoms with E-state index in [0.29, 0.717) is 17.8 Å². The number of ether oxygens (including phenoxy) is 3. The molecule has 0 unspecified atom stereocenters. The second-order valence-electron chi connectivity index (χ2n) is 5.52. The zero-order valence-electron chi connectivity index (χ0n) is 18.6. The Bertz CT molecular complexity index is 711. The lowest BCUT2D eigenvalue weighted by Crippen LogP contribution is -2.13. The third-order valence-electron chi connectivity index (χ3n) is 2.58. The molecule has 0 aromatic rings. The Labute approximate surface area is 183 Å². The average Bonchev–Trinajstić information content (AvgIpc) is 2.72. The predicted octanol–water partition coefficient (Wildman–Crippen LogP) is 3.15. The molecule has 0 saturated heterocycles. The Morgan fingerprint density at radius 1 is 0.871 bits per heavy atom. The first-order chi connectivity index (χ1) is 14.5. The van der Waals surface area contributed by atoms with E-state index < -0.39 is 17.9 Å². The van der Waals surface area contributed by atoms with Crippen LogP contribution in [0.25, 0.3) is 0 Å². The molecule has 0 fully saturated rings. The topological polar surface area (TPSA) is 116 Å². The van der Waals surface area contributed by atoms with Crippen LogP contribution in [0.3, 0.4) is 0 Å². The third kappa shape index (κ3) is 22.6. The summed E-state index contributed by atoms with van der Waals surface area (Å²) >= 11 is 0. The van der Waals surface area contributed by atoms with Crippen molar-refractivity contribution in [2.24, 2.45) is 0 Å². The van der Waals surface area contributed by atoms with Crippen molar-refractivity contribution in [3.63, 3.8) is 0 Å². The molecular formula is C23H32O8. The second kappa shape index (κ2) is 21.2. The van der Waals surface area contributed by atoms with E-state index in [1.165, 1.54) is 13.0 Å². The summed E-state index contributed by atoms with van der Waals surface area (Å²) in [7, 11) is 0. The highest BCUT2D eigenvalue weighted by atomic mass is 16.6. The Morgan fingerprint density at radius 2 is 1.42 bits per heavy atom. The molecule has 0 bridgehead atoms. The first-order valence-corrected chi connectivity index (χ1v) is 9.08. The van der Waals surface area contributed by atoms with E-state index in [-0.39, 0.29) is 24.8 Å². The molecule has 0 rings (SSSR count). The van der Waals surface area contributed by atoms with Crippen molar-refractivity contribution in [1.29, 1.82) is 0 Å².